The highest BCUT2D eigenvalue weighted by Gasteiger charge is 2.21. The molecule has 1 aliphatic rings. The van der Waals surface area contributed by atoms with Crippen molar-refractivity contribution in [1.82, 2.24) is 9.88 Å². The lowest BCUT2D eigenvalue weighted by molar-refractivity contribution is -0.0498. The number of rotatable bonds is 9. The number of amides is 1. The van der Waals surface area contributed by atoms with E-state index in [1.807, 2.05) is 13.0 Å². The Morgan fingerprint density at radius 2 is 1.90 bits per heavy atom. The van der Waals surface area contributed by atoms with E-state index in [0.717, 1.165) is 36.3 Å². The summed E-state index contributed by atoms with van der Waals surface area (Å²) in [7, 11) is 0. The lowest BCUT2D eigenvalue weighted by Crippen LogP contribution is -2.27. The maximum Gasteiger partial charge on any atom is 0.412 e. The van der Waals surface area contributed by atoms with Crippen LogP contribution in [0, 0.1) is 12.8 Å². The number of alkyl halides is 2. The van der Waals surface area contributed by atoms with Crippen molar-refractivity contribution in [3.63, 3.8) is 0 Å². The Morgan fingerprint density at radius 3 is 2.55 bits per heavy atom. The predicted octanol–water partition coefficient (Wildman–Crippen LogP) is 6.53. The highest BCUT2D eigenvalue weighted by Crippen LogP contribution is 2.35. The van der Waals surface area contributed by atoms with Crippen molar-refractivity contribution in [3.05, 3.63) is 36.0 Å². The number of hydrogen-bond donors (Lipinski definition) is 1. The molecule has 0 atom stereocenters. The summed E-state index contributed by atoms with van der Waals surface area (Å²) in [4.78, 5) is 12.2. The maximum absolute atomic E-state index is 12.5. The summed E-state index contributed by atoms with van der Waals surface area (Å²) in [6.07, 6.45) is 7.57. The number of aromatic nitrogens is 1. The zero-order chi connectivity index (χ0) is 22.2. The summed E-state index contributed by atoms with van der Waals surface area (Å²) in [5.74, 6) is 1.21. The van der Waals surface area contributed by atoms with Crippen LogP contribution in [-0.2, 0) is 6.54 Å². The average molecular weight is 435 g/mol. The molecule has 0 unspecified atom stereocenters. The van der Waals surface area contributed by atoms with E-state index < -0.39 is 12.7 Å². The fourth-order valence-electron chi connectivity index (χ4n) is 4.14. The number of benzene rings is 1. The van der Waals surface area contributed by atoms with Crippen molar-refractivity contribution in [2.75, 3.05) is 6.54 Å². The van der Waals surface area contributed by atoms with Crippen molar-refractivity contribution in [2.45, 2.75) is 71.9 Å². The van der Waals surface area contributed by atoms with Crippen LogP contribution in [0.2, 0.25) is 0 Å². The van der Waals surface area contributed by atoms with Gasteiger partial charge in [0.05, 0.1) is 11.4 Å². The summed E-state index contributed by atoms with van der Waals surface area (Å²) in [5, 5.41) is 2.78. The summed E-state index contributed by atoms with van der Waals surface area (Å²) in [6.45, 7) is 2.59. The zero-order valence-corrected chi connectivity index (χ0v) is 18.3. The van der Waals surface area contributed by atoms with Crippen LogP contribution in [0.25, 0.3) is 11.3 Å². The quantitative estimate of drug-likeness (QED) is 0.456. The third kappa shape index (κ3) is 6.45. The molecule has 31 heavy (non-hydrogen) atoms. The Hall–Kier alpha value is -2.57. The highest BCUT2D eigenvalue weighted by molar-refractivity contribution is 5.73. The van der Waals surface area contributed by atoms with Crippen LogP contribution in [0.5, 0.6) is 11.5 Å². The van der Waals surface area contributed by atoms with Crippen molar-refractivity contribution < 1.29 is 23.0 Å². The number of nitrogens with zero attached hydrogens (tertiary/aromatic N) is 1. The fourth-order valence-corrected chi connectivity index (χ4v) is 4.14. The molecule has 0 bridgehead atoms. The molecule has 0 radical (unpaired) electrons. The van der Waals surface area contributed by atoms with Gasteiger partial charge in [0.1, 0.15) is 5.75 Å². The summed E-state index contributed by atoms with van der Waals surface area (Å²) in [6, 6.07) is 8.45. The molecule has 170 valence electrons. The second-order valence-corrected chi connectivity index (χ2v) is 8.17. The second-order valence-electron chi connectivity index (χ2n) is 8.17. The van der Waals surface area contributed by atoms with E-state index in [2.05, 4.69) is 21.5 Å². The number of hydrogen-bond acceptors (Lipinski definition) is 3. The lowest BCUT2D eigenvalue weighted by Gasteiger charge is -2.24. The molecule has 1 heterocycles. The number of carbonyl (C=O) groups excluding carboxylic acids is 1. The van der Waals surface area contributed by atoms with Gasteiger partial charge in [-0.15, -0.1) is 0 Å². The number of carbonyl (C=O) groups is 1. The third-order valence-corrected chi connectivity index (χ3v) is 5.86. The van der Waals surface area contributed by atoms with Gasteiger partial charge in [0, 0.05) is 19.2 Å². The van der Waals surface area contributed by atoms with Crippen LogP contribution in [0.1, 0.15) is 57.6 Å². The SMILES string of the molecule is CCCCNC(=O)Oc1cc(-c2ccc(OC(F)F)cc2)n(CC2CCCCC2)c1C. The van der Waals surface area contributed by atoms with Gasteiger partial charge >= 0.3 is 12.7 Å². The van der Waals surface area contributed by atoms with E-state index in [1.54, 1.807) is 12.1 Å². The molecule has 2 aromatic rings. The Labute approximate surface area is 182 Å². The molecule has 0 aliphatic heterocycles. The van der Waals surface area contributed by atoms with Gasteiger partial charge in [0.15, 0.2) is 5.75 Å². The first-order valence-corrected chi connectivity index (χ1v) is 11.2. The Bertz CT molecular complexity index is 843. The largest absolute Gasteiger partial charge is 0.435 e. The first-order valence-electron chi connectivity index (χ1n) is 11.2. The van der Waals surface area contributed by atoms with Crippen molar-refractivity contribution >= 4 is 6.09 Å². The lowest BCUT2D eigenvalue weighted by atomic mass is 9.89. The van der Waals surface area contributed by atoms with Gasteiger partial charge in [0.25, 0.3) is 0 Å². The summed E-state index contributed by atoms with van der Waals surface area (Å²) in [5.41, 5.74) is 2.66. The highest BCUT2D eigenvalue weighted by atomic mass is 19.3. The van der Waals surface area contributed by atoms with Crippen molar-refractivity contribution in [3.8, 4) is 22.8 Å². The van der Waals surface area contributed by atoms with E-state index in [0.29, 0.717) is 18.2 Å². The summed E-state index contributed by atoms with van der Waals surface area (Å²) >= 11 is 0. The number of nitrogens with one attached hydrogen (secondary N) is 1. The van der Waals surface area contributed by atoms with Crippen LogP contribution in [0.4, 0.5) is 13.6 Å². The van der Waals surface area contributed by atoms with E-state index in [-0.39, 0.29) is 5.75 Å². The molecular weight excluding hydrogens is 402 g/mol. The van der Waals surface area contributed by atoms with Gasteiger partial charge in [-0.3, -0.25) is 0 Å². The van der Waals surface area contributed by atoms with E-state index in [9.17, 15) is 13.6 Å². The molecular formula is C24H32F2N2O3. The smallest absolute Gasteiger partial charge is 0.412 e. The van der Waals surface area contributed by atoms with Gasteiger partial charge in [0.2, 0.25) is 0 Å². The Balaban J connectivity index is 1.85. The topological polar surface area (TPSA) is 52.5 Å². The molecule has 1 aliphatic carbocycles. The summed E-state index contributed by atoms with van der Waals surface area (Å²) < 4.78 is 37.2. The van der Waals surface area contributed by atoms with Crippen LogP contribution in [-0.4, -0.2) is 23.8 Å². The van der Waals surface area contributed by atoms with Gasteiger partial charge in [-0.25, -0.2) is 4.79 Å². The minimum Gasteiger partial charge on any atom is -0.435 e. The van der Waals surface area contributed by atoms with Crippen molar-refractivity contribution in [2.24, 2.45) is 5.92 Å². The van der Waals surface area contributed by atoms with E-state index in [4.69, 9.17) is 4.74 Å². The standard InChI is InChI=1S/C24H32F2N2O3/c1-3-4-14-27-24(29)31-22-15-21(19-10-12-20(13-11-19)30-23(25)26)28(17(22)2)16-18-8-6-5-7-9-18/h10-13,15,18,23H,3-9,14,16H2,1-2H3,(H,27,29). The minimum absolute atomic E-state index is 0.118. The number of ether oxygens (including phenoxy) is 2. The fraction of sp³-hybridized carbons (Fsp3) is 0.542. The average Bonchev–Trinajstić information content (AvgIpc) is 3.04. The maximum atomic E-state index is 12.5. The molecule has 1 aromatic carbocycles. The molecule has 1 aromatic heterocycles. The first kappa shape index (κ1) is 23.1. The number of unbranched alkanes of at least 4 members (excludes halogenated alkanes) is 1. The molecule has 5 nitrogen and oxygen atoms in total. The monoisotopic (exact) mass is 434 g/mol. The number of halogens is 2. The zero-order valence-electron chi connectivity index (χ0n) is 18.3. The minimum atomic E-state index is -2.85. The second kappa shape index (κ2) is 11.2. The Kier molecular flexibility index (Phi) is 8.32. The van der Waals surface area contributed by atoms with Gasteiger partial charge in [-0.2, -0.15) is 8.78 Å². The Morgan fingerprint density at radius 1 is 1.19 bits per heavy atom. The molecule has 1 N–H and O–H groups in total. The van der Waals surface area contributed by atoms with E-state index >= 15 is 0 Å². The van der Waals surface area contributed by atoms with Crippen molar-refractivity contribution in [1.29, 1.82) is 0 Å². The van der Waals surface area contributed by atoms with E-state index in [1.165, 1.54) is 44.2 Å². The van der Waals surface area contributed by atoms with Crippen LogP contribution in [0.3, 0.4) is 0 Å². The molecule has 1 fully saturated rings. The van der Waals surface area contributed by atoms with Gasteiger partial charge < -0.3 is 19.4 Å². The molecule has 1 saturated carbocycles. The first-order chi connectivity index (χ1) is 15.0. The molecule has 3 rings (SSSR count). The van der Waals surface area contributed by atoms with Crippen LogP contribution >= 0.6 is 0 Å². The van der Waals surface area contributed by atoms with Gasteiger partial charge in [-0.1, -0.05) is 32.6 Å². The predicted molar refractivity (Wildman–Crippen MR) is 117 cm³/mol. The van der Waals surface area contributed by atoms with Crippen LogP contribution in [0.15, 0.2) is 30.3 Å². The van der Waals surface area contributed by atoms with Crippen LogP contribution < -0.4 is 14.8 Å². The molecule has 0 spiro atoms. The normalized spacial score (nSPS) is 14.6. The molecule has 1 amide bonds. The van der Waals surface area contributed by atoms with Gasteiger partial charge in [-0.05, 0) is 61.9 Å². The molecule has 0 saturated heterocycles. The molecule has 7 heteroatoms. The third-order valence-electron chi connectivity index (χ3n) is 5.86.